The zero-order valence-electron chi connectivity index (χ0n) is 18.3. The number of ether oxygens (including phenoxy) is 4. The predicted molar refractivity (Wildman–Crippen MR) is 120 cm³/mol. The predicted octanol–water partition coefficient (Wildman–Crippen LogP) is 3.09. The molecule has 2 heterocycles. The van der Waals surface area contributed by atoms with Crippen molar-refractivity contribution in [3.63, 3.8) is 0 Å². The molecule has 1 fully saturated rings. The average molecular weight is 451 g/mol. The minimum Gasteiger partial charge on any atom is -0.507 e. The van der Waals surface area contributed by atoms with Crippen LogP contribution in [-0.2, 0) is 14.3 Å². The van der Waals surface area contributed by atoms with Gasteiger partial charge in [-0.25, -0.2) is 0 Å². The molecule has 0 unspecified atom stereocenters. The van der Waals surface area contributed by atoms with Crippen molar-refractivity contribution in [2.45, 2.75) is 6.04 Å². The first-order chi connectivity index (χ1) is 16.0. The van der Waals surface area contributed by atoms with Crippen molar-refractivity contribution in [3.05, 3.63) is 71.8 Å². The van der Waals surface area contributed by atoms with Crippen LogP contribution in [-0.4, -0.2) is 61.8 Å². The molecule has 8 heteroatoms. The van der Waals surface area contributed by atoms with E-state index in [0.29, 0.717) is 48.2 Å². The Kier molecular flexibility index (Phi) is 6.65. The van der Waals surface area contributed by atoms with Crippen molar-refractivity contribution in [1.82, 2.24) is 4.90 Å². The van der Waals surface area contributed by atoms with Crippen molar-refractivity contribution in [3.8, 4) is 17.2 Å². The number of aliphatic hydroxyl groups excluding tert-OH is 1. The van der Waals surface area contributed by atoms with E-state index in [-0.39, 0.29) is 24.5 Å². The summed E-state index contributed by atoms with van der Waals surface area (Å²) in [4.78, 5) is 27.4. The second-order valence-corrected chi connectivity index (χ2v) is 7.52. The maximum absolute atomic E-state index is 13.1. The van der Waals surface area contributed by atoms with Gasteiger partial charge in [0.1, 0.15) is 31.3 Å². The molecule has 172 valence electrons. The first-order valence-corrected chi connectivity index (χ1v) is 10.6. The number of ketones is 1. The molecular formula is C25H25NO7. The second-order valence-electron chi connectivity index (χ2n) is 7.52. The van der Waals surface area contributed by atoms with Crippen LogP contribution < -0.4 is 14.2 Å². The van der Waals surface area contributed by atoms with Gasteiger partial charge in [0.2, 0.25) is 0 Å². The number of hydrogen-bond donors (Lipinski definition) is 1. The number of carbonyl (C=O) groups is 2. The molecule has 0 spiro atoms. The van der Waals surface area contributed by atoms with Crippen LogP contribution in [0.4, 0.5) is 0 Å². The number of likely N-dealkylation sites (tertiary alicyclic amines) is 1. The summed E-state index contributed by atoms with van der Waals surface area (Å²) in [6, 6.07) is 11.2. The Hall–Kier alpha value is -3.78. The number of carbonyl (C=O) groups excluding carboxylic acids is 2. The number of aliphatic hydroxyl groups is 1. The third-order valence-electron chi connectivity index (χ3n) is 5.43. The van der Waals surface area contributed by atoms with Crippen LogP contribution in [0.1, 0.15) is 17.2 Å². The van der Waals surface area contributed by atoms with Crippen molar-refractivity contribution in [1.29, 1.82) is 0 Å². The number of Topliss-reactive ketones (excluding diaryl/α,β-unsaturated/α-hetero) is 1. The Morgan fingerprint density at radius 3 is 2.73 bits per heavy atom. The van der Waals surface area contributed by atoms with Gasteiger partial charge >= 0.3 is 0 Å². The summed E-state index contributed by atoms with van der Waals surface area (Å²) in [5, 5.41) is 11.2. The summed E-state index contributed by atoms with van der Waals surface area (Å²) in [5.74, 6) is -0.163. The topological polar surface area (TPSA) is 94.5 Å². The molecule has 0 aromatic heterocycles. The van der Waals surface area contributed by atoms with E-state index >= 15 is 0 Å². The van der Waals surface area contributed by atoms with Crippen LogP contribution in [0, 0.1) is 0 Å². The van der Waals surface area contributed by atoms with Crippen LogP contribution in [0.15, 0.2) is 60.7 Å². The number of methoxy groups -OCH3 is 1. The van der Waals surface area contributed by atoms with Gasteiger partial charge in [-0.3, -0.25) is 9.59 Å². The van der Waals surface area contributed by atoms with Crippen LogP contribution in [0.25, 0.3) is 5.76 Å². The molecule has 0 aliphatic carbocycles. The van der Waals surface area contributed by atoms with Gasteiger partial charge in [-0.2, -0.15) is 0 Å². The lowest BCUT2D eigenvalue weighted by atomic mass is 9.95. The summed E-state index contributed by atoms with van der Waals surface area (Å²) < 4.78 is 21.9. The smallest absolute Gasteiger partial charge is 0.295 e. The quantitative estimate of drug-likeness (QED) is 0.285. The summed E-state index contributed by atoms with van der Waals surface area (Å²) in [6.07, 6.45) is 1.62. The van der Waals surface area contributed by atoms with E-state index in [1.165, 1.54) is 12.0 Å². The maximum atomic E-state index is 13.1. The van der Waals surface area contributed by atoms with Gasteiger partial charge in [-0.15, -0.1) is 0 Å². The highest BCUT2D eigenvalue weighted by atomic mass is 16.6. The standard InChI is InChI=1S/C25H25NO7/c1-3-10-31-18-6-4-5-16(14-18)22-21(24(28)25(29)26(22)9-11-30-2)23(27)17-7-8-19-20(15-17)33-13-12-32-19/h3-8,14-15,22,27H,1,9-13H2,2H3/b23-21+/t22-/m0/s1. The largest absolute Gasteiger partial charge is 0.507 e. The first-order valence-electron chi connectivity index (χ1n) is 10.6. The highest BCUT2D eigenvalue weighted by Gasteiger charge is 2.46. The van der Waals surface area contributed by atoms with Crippen LogP contribution in [0.5, 0.6) is 17.2 Å². The van der Waals surface area contributed by atoms with Gasteiger partial charge in [0, 0.05) is 19.2 Å². The molecule has 2 aliphatic rings. The Morgan fingerprint density at radius 2 is 1.97 bits per heavy atom. The Morgan fingerprint density at radius 1 is 1.18 bits per heavy atom. The number of rotatable bonds is 8. The number of fused-ring (bicyclic) bond motifs is 1. The van der Waals surface area contributed by atoms with Gasteiger partial charge in [-0.05, 0) is 35.9 Å². The molecule has 2 aromatic carbocycles. The fourth-order valence-electron chi connectivity index (χ4n) is 3.92. The molecule has 0 saturated carbocycles. The monoisotopic (exact) mass is 451 g/mol. The van der Waals surface area contributed by atoms with E-state index < -0.39 is 17.7 Å². The molecule has 4 rings (SSSR count). The Labute approximate surface area is 191 Å². The van der Waals surface area contributed by atoms with Gasteiger partial charge in [-0.1, -0.05) is 24.8 Å². The van der Waals surface area contributed by atoms with E-state index in [1.54, 1.807) is 48.5 Å². The third-order valence-corrected chi connectivity index (χ3v) is 5.43. The Bertz CT molecular complexity index is 1110. The van der Waals surface area contributed by atoms with Crippen LogP contribution in [0.3, 0.4) is 0 Å². The second kappa shape index (κ2) is 9.79. The highest BCUT2D eigenvalue weighted by molar-refractivity contribution is 6.46. The number of nitrogens with zero attached hydrogens (tertiary/aromatic N) is 1. The van der Waals surface area contributed by atoms with Crippen LogP contribution in [0.2, 0.25) is 0 Å². The van der Waals surface area contributed by atoms with E-state index in [9.17, 15) is 14.7 Å². The van der Waals surface area contributed by atoms with Gasteiger partial charge in [0.15, 0.2) is 11.5 Å². The van der Waals surface area contributed by atoms with Crippen molar-refractivity contribution < 1.29 is 33.6 Å². The lowest BCUT2D eigenvalue weighted by Crippen LogP contribution is -2.32. The molecular weight excluding hydrogens is 426 g/mol. The van der Waals surface area contributed by atoms with Gasteiger partial charge in [0.05, 0.1) is 18.2 Å². The molecule has 8 nitrogen and oxygen atoms in total. The van der Waals surface area contributed by atoms with E-state index in [1.807, 2.05) is 0 Å². The summed E-state index contributed by atoms with van der Waals surface area (Å²) in [7, 11) is 1.52. The van der Waals surface area contributed by atoms with Crippen LogP contribution >= 0.6 is 0 Å². The lowest BCUT2D eigenvalue weighted by Gasteiger charge is -2.25. The summed E-state index contributed by atoms with van der Waals surface area (Å²) in [5.41, 5.74) is 0.979. The van der Waals surface area contributed by atoms with Crippen molar-refractivity contribution in [2.24, 2.45) is 0 Å². The lowest BCUT2D eigenvalue weighted by molar-refractivity contribution is -0.140. The number of amides is 1. The number of hydrogen-bond acceptors (Lipinski definition) is 7. The maximum Gasteiger partial charge on any atom is 0.295 e. The molecule has 1 atom stereocenters. The molecule has 0 radical (unpaired) electrons. The van der Waals surface area contributed by atoms with E-state index in [4.69, 9.17) is 18.9 Å². The third kappa shape index (κ3) is 4.42. The number of benzene rings is 2. The van der Waals surface area contributed by atoms with Crippen molar-refractivity contribution >= 4 is 17.4 Å². The van der Waals surface area contributed by atoms with Crippen molar-refractivity contribution in [2.75, 3.05) is 40.1 Å². The Balaban J connectivity index is 1.81. The van der Waals surface area contributed by atoms with Gasteiger partial charge in [0.25, 0.3) is 11.7 Å². The van der Waals surface area contributed by atoms with E-state index in [0.717, 1.165) is 0 Å². The zero-order chi connectivity index (χ0) is 23.4. The molecule has 2 aliphatic heterocycles. The average Bonchev–Trinajstić information content (AvgIpc) is 3.10. The summed E-state index contributed by atoms with van der Waals surface area (Å²) in [6.45, 7) is 5.20. The molecule has 2 aromatic rings. The minimum atomic E-state index is -0.805. The molecule has 0 bridgehead atoms. The molecule has 33 heavy (non-hydrogen) atoms. The molecule has 1 N–H and O–H groups in total. The first kappa shape index (κ1) is 22.4. The molecule has 1 saturated heterocycles. The minimum absolute atomic E-state index is 0.00588. The fraction of sp³-hybridized carbons (Fsp3) is 0.280. The fourth-order valence-corrected chi connectivity index (χ4v) is 3.92. The zero-order valence-corrected chi connectivity index (χ0v) is 18.3. The molecule has 1 amide bonds. The normalized spacial score (nSPS) is 18.9. The SMILES string of the molecule is C=CCOc1cccc([C@H]2/C(=C(\O)c3ccc4c(c3)OCCO4)C(=O)C(=O)N2CCOC)c1. The summed E-state index contributed by atoms with van der Waals surface area (Å²) >= 11 is 0. The van der Waals surface area contributed by atoms with Gasteiger partial charge < -0.3 is 29.0 Å². The van der Waals surface area contributed by atoms with E-state index in [2.05, 4.69) is 6.58 Å². The highest BCUT2D eigenvalue weighted by Crippen LogP contribution is 2.41.